The topological polar surface area (TPSA) is 44.2 Å². The quantitative estimate of drug-likeness (QED) is 0.793. The summed E-state index contributed by atoms with van der Waals surface area (Å²) in [5.41, 5.74) is 0. The maximum atomic E-state index is 5.97. The number of para-hydroxylation sites is 2. The number of hydrogen-bond donors (Lipinski definition) is 0. The third kappa shape index (κ3) is 2.15. The van der Waals surface area contributed by atoms with E-state index in [1.54, 1.807) is 0 Å². The molecule has 2 aromatic rings. The van der Waals surface area contributed by atoms with E-state index in [2.05, 4.69) is 10.2 Å². The average molecular weight is 283 g/mol. The van der Waals surface area contributed by atoms with Gasteiger partial charge in [0.15, 0.2) is 22.6 Å². The van der Waals surface area contributed by atoms with Crippen molar-refractivity contribution in [2.45, 2.75) is 18.4 Å². The molecular formula is C12H11ClN2O2S. The molecule has 2 heterocycles. The first-order chi connectivity index (χ1) is 8.74. The van der Waals surface area contributed by atoms with Crippen LogP contribution in [-0.4, -0.2) is 16.8 Å². The minimum absolute atomic E-state index is 0.131. The van der Waals surface area contributed by atoms with E-state index in [-0.39, 0.29) is 11.5 Å². The van der Waals surface area contributed by atoms with Crippen molar-refractivity contribution < 1.29 is 9.47 Å². The van der Waals surface area contributed by atoms with Gasteiger partial charge in [0.2, 0.25) is 0 Å². The second kappa shape index (κ2) is 4.74. The van der Waals surface area contributed by atoms with Crippen molar-refractivity contribution in [1.82, 2.24) is 10.2 Å². The van der Waals surface area contributed by atoms with Crippen molar-refractivity contribution in [3.05, 3.63) is 34.3 Å². The van der Waals surface area contributed by atoms with Crippen molar-refractivity contribution in [3.8, 4) is 11.5 Å². The predicted octanol–water partition coefficient (Wildman–Crippen LogP) is 3.35. The lowest BCUT2D eigenvalue weighted by molar-refractivity contribution is 0.0906. The zero-order chi connectivity index (χ0) is 12.5. The monoisotopic (exact) mass is 282 g/mol. The van der Waals surface area contributed by atoms with Gasteiger partial charge in [0.05, 0.1) is 5.38 Å². The first-order valence-corrected chi connectivity index (χ1v) is 6.85. The maximum Gasteiger partial charge on any atom is 0.186 e. The van der Waals surface area contributed by atoms with Crippen LogP contribution in [0.25, 0.3) is 0 Å². The number of aromatic nitrogens is 2. The molecule has 0 radical (unpaired) electrons. The summed E-state index contributed by atoms with van der Waals surface area (Å²) in [6.07, 6.45) is -0.207. The molecule has 0 spiro atoms. The summed E-state index contributed by atoms with van der Waals surface area (Å²) in [7, 11) is 0. The summed E-state index contributed by atoms with van der Waals surface area (Å²) in [5.74, 6) is 1.51. The van der Waals surface area contributed by atoms with Gasteiger partial charge in [-0.15, -0.1) is 21.8 Å². The average Bonchev–Trinajstić information content (AvgIpc) is 2.88. The van der Waals surface area contributed by atoms with Crippen molar-refractivity contribution >= 4 is 22.9 Å². The highest BCUT2D eigenvalue weighted by atomic mass is 35.5. The van der Waals surface area contributed by atoms with Crippen molar-refractivity contribution in [3.63, 3.8) is 0 Å². The van der Waals surface area contributed by atoms with Crippen LogP contribution in [-0.2, 0) is 0 Å². The number of alkyl halides is 1. The minimum atomic E-state index is -0.207. The molecule has 1 aliphatic heterocycles. The highest BCUT2D eigenvalue weighted by Crippen LogP contribution is 2.37. The third-order valence-electron chi connectivity index (χ3n) is 2.58. The van der Waals surface area contributed by atoms with Crippen LogP contribution in [0.1, 0.15) is 28.4 Å². The molecule has 94 valence electrons. The van der Waals surface area contributed by atoms with Crippen LogP contribution in [0.4, 0.5) is 0 Å². The number of ether oxygens (including phenoxy) is 2. The Labute approximate surface area is 114 Å². The number of fused-ring (bicyclic) bond motifs is 1. The Bertz CT molecular complexity index is 559. The molecule has 6 heteroatoms. The van der Waals surface area contributed by atoms with Crippen LogP contribution in [0, 0.1) is 0 Å². The molecule has 1 aromatic heterocycles. The largest absolute Gasteiger partial charge is 0.485 e. The molecule has 0 bridgehead atoms. The molecule has 0 fully saturated rings. The Morgan fingerprint density at radius 3 is 2.83 bits per heavy atom. The van der Waals surface area contributed by atoms with Gasteiger partial charge in [0.1, 0.15) is 11.6 Å². The maximum absolute atomic E-state index is 5.97. The zero-order valence-electron chi connectivity index (χ0n) is 9.67. The van der Waals surface area contributed by atoms with E-state index < -0.39 is 0 Å². The van der Waals surface area contributed by atoms with Gasteiger partial charge < -0.3 is 9.47 Å². The lowest BCUT2D eigenvalue weighted by Crippen LogP contribution is -2.21. The van der Waals surface area contributed by atoms with E-state index in [1.807, 2.05) is 31.2 Å². The Hall–Kier alpha value is -1.33. The Morgan fingerprint density at radius 2 is 2.11 bits per heavy atom. The number of nitrogens with zero attached hydrogens (tertiary/aromatic N) is 2. The first kappa shape index (κ1) is 11.7. The molecule has 4 nitrogen and oxygen atoms in total. The van der Waals surface area contributed by atoms with E-state index in [4.69, 9.17) is 21.1 Å². The van der Waals surface area contributed by atoms with Gasteiger partial charge in [-0.3, -0.25) is 0 Å². The van der Waals surface area contributed by atoms with Crippen molar-refractivity contribution in [2.24, 2.45) is 0 Å². The van der Waals surface area contributed by atoms with Crippen LogP contribution in [0.5, 0.6) is 11.5 Å². The lowest BCUT2D eigenvalue weighted by Gasteiger charge is -2.24. The van der Waals surface area contributed by atoms with E-state index in [1.165, 1.54) is 11.3 Å². The van der Waals surface area contributed by atoms with Gasteiger partial charge in [0.25, 0.3) is 0 Å². The smallest absolute Gasteiger partial charge is 0.186 e. The third-order valence-corrected chi connectivity index (χ3v) is 4.11. The lowest BCUT2D eigenvalue weighted by atomic mass is 10.3. The van der Waals surface area contributed by atoms with Crippen LogP contribution < -0.4 is 9.47 Å². The summed E-state index contributed by atoms with van der Waals surface area (Å²) in [6.45, 7) is 2.32. The molecule has 0 saturated carbocycles. The molecule has 1 aliphatic rings. The fourth-order valence-corrected chi connectivity index (χ4v) is 2.64. The molecule has 0 aliphatic carbocycles. The van der Waals surface area contributed by atoms with Gasteiger partial charge in [-0.05, 0) is 19.1 Å². The Morgan fingerprint density at radius 1 is 1.33 bits per heavy atom. The van der Waals surface area contributed by atoms with Crippen molar-refractivity contribution in [1.29, 1.82) is 0 Å². The Balaban J connectivity index is 1.83. The van der Waals surface area contributed by atoms with Crippen LogP contribution in [0.15, 0.2) is 24.3 Å². The van der Waals surface area contributed by atoms with Crippen molar-refractivity contribution in [2.75, 3.05) is 6.61 Å². The fourth-order valence-electron chi connectivity index (χ4n) is 1.68. The molecule has 1 aromatic carbocycles. The molecule has 2 atom stereocenters. The summed E-state index contributed by atoms with van der Waals surface area (Å²) >= 11 is 7.44. The van der Waals surface area contributed by atoms with Crippen LogP contribution in [0.2, 0.25) is 0 Å². The number of hydrogen-bond acceptors (Lipinski definition) is 5. The number of benzene rings is 1. The van der Waals surface area contributed by atoms with Crippen LogP contribution in [0.3, 0.4) is 0 Å². The number of rotatable bonds is 2. The molecule has 0 amide bonds. The minimum Gasteiger partial charge on any atom is -0.485 e. The van der Waals surface area contributed by atoms with E-state index in [0.29, 0.717) is 6.61 Å². The van der Waals surface area contributed by atoms with E-state index in [9.17, 15) is 0 Å². The molecule has 2 unspecified atom stereocenters. The predicted molar refractivity (Wildman–Crippen MR) is 69.5 cm³/mol. The summed E-state index contributed by atoms with van der Waals surface area (Å²) < 4.78 is 11.5. The first-order valence-electron chi connectivity index (χ1n) is 5.60. The van der Waals surface area contributed by atoms with Gasteiger partial charge >= 0.3 is 0 Å². The Kier molecular flexibility index (Phi) is 3.09. The highest BCUT2D eigenvalue weighted by molar-refractivity contribution is 7.11. The second-order valence-electron chi connectivity index (χ2n) is 3.96. The summed E-state index contributed by atoms with van der Waals surface area (Å²) in [5, 5.41) is 9.63. The number of halogens is 1. The molecular weight excluding hydrogens is 272 g/mol. The zero-order valence-corrected chi connectivity index (χ0v) is 11.2. The highest BCUT2D eigenvalue weighted by Gasteiger charge is 2.26. The molecule has 0 saturated heterocycles. The van der Waals surface area contributed by atoms with Gasteiger partial charge in [0, 0.05) is 0 Å². The molecule has 18 heavy (non-hydrogen) atoms. The van der Waals surface area contributed by atoms with E-state index in [0.717, 1.165) is 21.5 Å². The van der Waals surface area contributed by atoms with Crippen LogP contribution >= 0.6 is 22.9 Å². The van der Waals surface area contributed by atoms with Gasteiger partial charge in [-0.25, -0.2) is 0 Å². The molecule has 3 rings (SSSR count). The SMILES string of the molecule is CC(Cl)c1nnc(C2COc3ccccc3O2)s1. The standard InChI is InChI=1S/C12H11ClN2O2S/c1-7(13)11-14-15-12(18-11)10-6-16-8-4-2-3-5-9(8)17-10/h2-5,7,10H,6H2,1H3. The normalized spacial score (nSPS) is 19.6. The summed E-state index contributed by atoms with van der Waals surface area (Å²) in [4.78, 5) is 0. The van der Waals surface area contributed by atoms with Gasteiger partial charge in [-0.1, -0.05) is 23.5 Å². The molecule has 0 N–H and O–H groups in total. The van der Waals surface area contributed by atoms with Gasteiger partial charge in [-0.2, -0.15) is 0 Å². The summed E-state index contributed by atoms with van der Waals surface area (Å²) in [6, 6.07) is 7.60. The fraction of sp³-hybridized carbons (Fsp3) is 0.333. The second-order valence-corrected chi connectivity index (χ2v) is 5.65. The van der Waals surface area contributed by atoms with E-state index >= 15 is 0 Å².